The van der Waals surface area contributed by atoms with Gasteiger partial charge in [0.25, 0.3) is 0 Å². The monoisotopic (exact) mass is 768 g/mol. The molecule has 4 nitrogen and oxygen atoms in total. The van der Waals surface area contributed by atoms with Crippen LogP contribution in [0, 0.1) is 0 Å². The SMILES string of the molecule is CC(C)(C)c1nc(-c2cc(-c3cccc([Si](c4ccccc4)(c4ccccc4)c4ccccc4)c3)ccc2-n2c3ccccc3c3ccccc32)nc(C(C)(C)C)n1. The van der Waals surface area contributed by atoms with Crippen molar-refractivity contribution in [1.82, 2.24) is 19.5 Å². The highest BCUT2D eigenvalue weighted by molar-refractivity contribution is 7.19. The summed E-state index contributed by atoms with van der Waals surface area (Å²) in [4.78, 5) is 15.7. The minimum absolute atomic E-state index is 0.281. The van der Waals surface area contributed by atoms with Gasteiger partial charge in [-0.3, -0.25) is 0 Å². The summed E-state index contributed by atoms with van der Waals surface area (Å²) in [6.07, 6.45) is 0. The fourth-order valence-electron chi connectivity index (χ4n) is 8.44. The molecule has 7 aromatic carbocycles. The zero-order chi connectivity index (χ0) is 40.1. The number of nitrogens with zero attached hydrogens (tertiary/aromatic N) is 4. The Morgan fingerprint density at radius 3 is 1.31 bits per heavy atom. The Balaban J connectivity index is 1.33. The second-order valence-electron chi connectivity index (χ2n) is 17.3. The molecule has 284 valence electrons. The fraction of sp³-hybridized carbons (Fsp3) is 0.151. The van der Waals surface area contributed by atoms with Crippen LogP contribution in [0.25, 0.3) is 50.0 Å². The van der Waals surface area contributed by atoms with Gasteiger partial charge in [0, 0.05) is 27.2 Å². The van der Waals surface area contributed by atoms with Crippen LogP contribution in [-0.4, -0.2) is 27.6 Å². The summed E-state index contributed by atoms with van der Waals surface area (Å²) < 4.78 is 2.38. The number of hydrogen-bond acceptors (Lipinski definition) is 3. The third-order valence-corrected chi connectivity index (χ3v) is 16.1. The highest BCUT2D eigenvalue weighted by Crippen LogP contribution is 2.38. The summed E-state index contributed by atoms with van der Waals surface area (Å²) in [5.74, 6) is 2.25. The molecule has 0 saturated carbocycles. The Morgan fingerprint density at radius 2 is 0.828 bits per heavy atom. The van der Waals surface area contributed by atoms with Gasteiger partial charge < -0.3 is 4.57 Å². The second-order valence-corrected chi connectivity index (χ2v) is 21.1. The van der Waals surface area contributed by atoms with Crippen LogP contribution < -0.4 is 20.7 Å². The van der Waals surface area contributed by atoms with Crippen LogP contribution in [0.1, 0.15) is 53.2 Å². The van der Waals surface area contributed by atoms with Crippen molar-refractivity contribution in [2.75, 3.05) is 0 Å². The number of hydrogen-bond donors (Lipinski definition) is 0. The number of rotatable bonds is 7. The molecule has 0 atom stereocenters. The van der Waals surface area contributed by atoms with Gasteiger partial charge >= 0.3 is 0 Å². The van der Waals surface area contributed by atoms with Crippen molar-refractivity contribution in [3.63, 3.8) is 0 Å². The number of fused-ring (bicyclic) bond motifs is 3. The third kappa shape index (κ3) is 6.46. The Hall–Kier alpha value is -6.43. The van der Waals surface area contributed by atoms with E-state index in [0.717, 1.165) is 45.1 Å². The average Bonchev–Trinajstić information content (AvgIpc) is 3.58. The largest absolute Gasteiger partial charge is 0.309 e. The van der Waals surface area contributed by atoms with Gasteiger partial charge in [0.05, 0.1) is 16.7 Å². The summed E-state index contributed by atoms with van der Waals surface area (Å²) in [6.45, 7) is 13.1. The molecule has 0 bridgehead atoms. The summed E-state index contributed by atoms with van der Waals surface area (Å²) in [7, 11) is -2.75. The predicted octanol–water partition coefficient (Wildman–Crippen LogP) is 10.3. The standard InChI is InChI=1S/C53H48N4Si/c1-52(2,3)50-54-49(55-51(56-50)53(4,5)6)45-36-38(33-34-48(45)57-46-31-18-16-29-43(46)44-30-17-19-32-47(44)57)37-21-20-28-42(35-37)58(39-22-10-7-11-23-39,40-24-12-8-13-25-40)41-26-14-9-15-27-41/h7-36H,1-6H3. The molecule has 2 heterocycles. The van der Waals surface area contributed by atoms with E-state index in [1.54, 1.807) is 0 Å². The summed E-state index contributed by atoms with van der Waals surface area (Å²) in [5.41, 5.74) is 5.97. The fourth-order valence-corrected chi connectivity index (χ4v) is 13.2. The quantitative estimate of drug-likeness (QED) is 0.120. The molecule has 0 unspecified atom stereocenters. The molecule has 0 aliphatic rings. The van der Waals surface area contributed by atoms with E-state index >= 15 is 0 Å². The van der Waals surface area contributed by atoms with Crippen LogP contribution in [0.3, 0.4) is 0 Å². The highest BCUT2D eigenvalue weighted by Gasteiger charge is 2.41. The first-order chi connectivity index (χ1) is 28.0. The van der Waals surface area contributed by atoms with E-state index < -0.39 is 8.07 Å². The molecule has 58 heavy (non-hydrogen) atoms. The molecule has 9 aromatic rings. The van der Waals surface area contributed by atoms with Crippen molar-refractivity contribution in [1.29, 1.82) is 0 Å². The lowest BCUT2D eigenvalue weighted by Crippen LogP contribution is -2.74. The van der Waals surface area contributed by atoms with Crippen molar-refractivity contribution in [2.24, 2.45) is 0 Å². The van der Waals surface area contributed by atoms with Crippen LogP contribution in [-0.2, 0) is 10.8 Å². The maximum atomic E-state index is 5.30. The normalized spacial score (nSPS) is 12.3. The second kappa shape index (κ2) is 14.5. The van der Waals surface area contributed by atoms with Crippen molar-refractivity contribution >= 4 is 50.6 Å². The zero-order valence-corrected chi connectivity index (χ0v) is 35.1. The van der Waals surface area contributed by atoms with Gasteiger partial charge in [-0.15, -0.1) is 0 Å². The van der Waals surface area contributed by atoms with E-state index in [0.29, 0.717) is 5.82 Å². The Morgan fingerprint density at radius 1 is 0.397 bits per heavy atom. The van der Waals surface area contributed by atoms with E-state index in [4.69, 9.17) is 15.0 Å². The molecule has 0 saturated heterocycles. The Kier molecular flexibility index (Phi) is 9.29. The summed E-state index contributed by atoms with van der Waals surface area (Å²) >= 11 is 0. The first-order valence-electron chi connectivity index (χ1n) is 20.2. The summed E-state index contributed by atoms with van der Waals surface area (Å²) in [6, 6.07) is 66.8. The lowest BCUT2D eigenvalue weighted by molar-refractivity contribution is 0.497. The topological polar surface area (TPSA) is 43.6 Å². The van der Waals surface area contributed by atoms with Gasteiger partial charge in [0.15, 0.2) is 13.9 Å². The number of aromatic nitrogens is 4. The van der Waals surface area contributed by atoms with E-state index in [1.165, 1.54) is 31.5 Å². The van der Waals surface area contributed by atoms with Crippen LogP contribution in [0.5, 0.6) is 0 Å². The molecule has 0 aliphatic heterocycles. The molecule has 0 N–H and O–H groups in total. The molecule has 0 spiro atoms. The van der Waals surface area contributed by atoms with E-state index in [2.05, 4.69) is 228 Å². The molecular formula is C53H48N4Si. The zero-order valence-electron chi connectivity index (χ0n) is 34.1. The minimum atomic E-state index is -2.75. The minimum Gasteiger partial charge on any atom is -0.309 e. The van der Waals surface area contributed by atoms with Gasteiger partial charge in [-0.1, -0.05) is 199 Å². The van der Waals surface area contributed by atoms with Crippen molar-refractivity contribution in [2.45, 2.75) is 52.4 Å². The maximum absolute atomic E-state index is 5.30. The van der Waals surface area contributed by atoms with Gasteiger partial charge in [-0.05, 0) is 56.1 Å². The molecule has 0 amide bonds. The van der Waals surface area contributed by atoms with Gasteiger partial charge in [0.2, 0.25) is 0 Å². The highest BCUT2D eigenvalue weighted by atomic mass is 28.3. The number of para-hydroxylation sites is 2. The van der Waals surface area contributed by atoms with Crippen molar-refractivity contribution in [3.8, 4) is 28.2 Å². The van der Waals surface area contributed by atoms with Crippen LogP contribution >= 0.6 is 0 Å². The summed E-state index contributed by atoms with van der Waals surface area (Å²) in [5, 5.41) is 7.80. The third-order valence-electron chi connectivity index (χ3n) is 11.3. The molecule has 9 rings (SSSR count). The first-order valence-corrected chi connectivity index (χ1v) is 22.2. The van der Waals surface area contributed by atoms with E-state index in [1.807, 2.05) is 0 Å². The molecule has 0 radical (unpaired) electrons. The Labute approximate surface area is 343 Å². The van der Waals surface area contributed by atoms with E-state index in [-0.39, 0.29) is 10.8 Å². The lowest BCUT2D eigenvalue weighted by atomic mass is 9.92. The smallest absolute Gasteiger partial charge is 0.179 e. The van der Waals surface area contributed by atoms with Crippen molar-refractivity contribution in [3.05, 3.63) is 194 Å². The molecule has 0 fully saturated rings. The molecule has 5 heteroatoms. The van der Waals surface area contributed by atoms with Gasteiger partial charge in [-0.2, -0.15) is 0 Å². The lowest BCUT2D eigenvalue weighted by Gasteiger charge is -2.34. The Bertz CT molecular complexity index is 2720. The maximum Gasteiger partial charge on any atom is 0.179 e. The number of benzene rings is 7. The van der Waals surface area contributed by atoms with Crippen LogP contribution in [0.15, 0.2) is 182 Å². The van der Waals surface area contributed by atoms with Crippen LogP contribution in [0.4, 0.5) is 0 Å². The van der Waals surface area contributed by atoms with Crippen LogP contribution in [0.2, 0.25) is 0 Å². The molecular weight excluding hydrogens is 721 g/mol. The molecule has 0 aliphatic carbocycles. The predicted molar refractivity (Wildman–Crippen MR) is 246 cm³/mol. The van der Waals surface area contributed by atoms with Gasteiger partial charge in [0.1, 0.15) is 11.6 Å². The van der Waals surface area contributed by atoms with Crippen molar-refractivity contribution < 1.29 is 0 Å². The average molecular weight is 769 g/mol. The van der Waals surface area contributed by atoms with E-state index in [9.17, 15) is 0 Å². The first kappa shape index (κ1) is 37.2. The van der Waals surface area contributed by atoms with Gasteiger partial charge in [-0.25, -0.2) is 15.0 Å². The molecule has 2 aromatic heterocycles.